The van der Waals surface area contributed by atoms with E-state index >= 15 is 0 Å². The lowest BCUT2D eigenvalue weighted by Crippen LogP contribution is -2.38. The monoisotopic (exact) mass is 320 g/mol. The molecule has 0 N–H and O–H groups in total. The van der Waals surface area contributed by atoms with E-state index in [4.69, 9.17) is 14.2 Å². The maximum atomic E-state index is 5.88. The number of rotatable bonds is 5. The minimum atomic E-state index is 0.136. The Hall–Kier alpha value is -1.63. The van der Waals surface area contributed by atoms with Crippen molar-refractivity contribution in [2.45, 2.75) is 12.6 Å². The molecule has 1 saturated heterocycles. The lowest BCUT2D eigenvalue weighted by atomic mass is 10.1. The molecule has 3 heterocycles. The second-order valence-electron chi connectivity index (χ2n) is 5.14. The molecular formula is C16H20N2O3S. The maximum Gasteiger partial charge on any atom is 0.183 e. The minimum Gasteiger partial charge on any atom is -0.493 e. The van der Waals surface area contributed by atoms with E-state index in [1.165, 1.54) is 5.56 Å². The third kappa shape index (κ3) is 3.24. The Labute approximate surface area is 134 Å². The number of morpholine rings is 1. The Morgan fingerprint density at radius 2 is 2.27 bits per heavy atom. The van der Waals surface area contributed by atoms with Crippen LogP contribution in [0.15, 0.2) is 29.1 Å². The first-order valence-electron chi connectivity index (χ1n) is 7.23. The number of methoxy groups -OCH3 is 2. The van der Waals surface area contributed by atoms with Gasteiger partial charge in [-0.05, 0) is 22.4 Å². The molecule has 22 heavy (non-hydrogen) atoms. The molecule has 0 saturated carbocycles. The SMILES string of the molecule is COc1ccnc(CN2CCOC(c3ccsc3)C2)c1OC. The molecule has 0 radical (unpaired) electrons. The summed E-state index contributed by atoms with van der Waals surface area (Å²) in [7, 11) is 3.29. The number of ether oxygens (including phenoxy) is 3. The summed E-state index contributed by atoms with van der Waals surface area (Å²) in [6.07, 6.45) is 1.89. The van der Waals surface area contributed by atoms with Crippen LogP contribution >= 0.6 is 11.3 Å². The van der Waals surface area contributed by atoms with Crippen LogP contribution in [0.2, 0.25) is 0 Å². The zero-order chi connectivity index (χ0) is 15.4. The van der Waals surface area contributed by atoms with Crippen molar-refractivity contribution < 1.29 is 14.2 Å². The highest BCUT2D eigenvalue weighted by Gasteiger charge is 2.24. The smallest absolute Gasteiger partial charge is 0.183 e. The topological polar surface area (TPSA) is 43.8 Å². The van der Waals surface area contributed by atoms with Crippen LogP contribution in [0.4, 0.5) is 0 Å². The van der Waals surface area contributed by atoms with Gasteiger partial charge in [0.25, 0.3) is 0 Å². The van der Waals surface area contributed by atoms with Crippen molar-refractivity contribution in [1.29, 1.82) is 0 Å². The van der Waals surface area contributed by atoms with Crippen LogP contribution in [-0.4, -0.2) is 43.8 Å². The standard InChI is InChI=1S/C16H20N2O3S/c1-19-14-3-5-17-13(16(14)20-2)9-18-6-7-21-15(10-18)12-4-8-22-11-12/h3-5,8,11,15H,6-7,9-10H2,1-2H3. The van der Waals surface area contributed by atoms with Crippen molar-refractivity contribution in [1.82, 2.24) is 9.88 Å². The molecule has 1 fully saturated rings. The van der Waals surface area contributed by atoms with Crippen molar-refractivity contribution >= 4 is 11.3 Å². The van der Waals surface area contributed by atoms with E-state index in [0.29, 0.717) is 5.75 Å². The van der Waals surface area contributed by atoms with Gasteiger partial charge in [0.1, 0.15) is 5.69 Å². The fraction of sp³-hybridized carbons (Fsp3) is 0.438. The molecule has 0 spiro atoms. The molecule has 1 aliphatic heterocycles. The Kier molecular flexibility index (Phi) is 4.92. The highest BCUT2D eigenvalue weighted by Crippen LogP contribution is 2.31. The Bertz CT molecular complexity index is 603. The molecule has 3 rings (SSSR count). The molecule has 118 valence electrons. The zero-order valence-electron chi connectivity index (χ0n) is 12.8. The summed E-state index contributed by atoms with van der Waals surface area (Å²) in [4.78, 5) is 6.80. The summed E-state index contributed by atoms with van der Waals surface area (Å²) < 4.78 is 16.7. The van der Waals surface area contributed by atoms with Crippen molar-refractivity contribution in [3.63, 3.8) is 0 Å². The fourth-order valence-electron chi connectivity index (χ4n) is 2.68. The molecule has 2 aromatic rings. The quantitative estimate of drug-likeness (QED) is 0.847. The first kappa shape index (κ1) is 15.3. The van der Waals surface area contributed by atoms with Gasteiger partial charge in [0, 0.05) is 31.9 Å². The van der Waals surface area contributed by atoms with E-state index < -0.39 is 0 Å². The molecule has 0 aromatic carbocycles. The van der Waals surface area contributed by atoms with Gasteiger partial charge < -0.3 is 14.2 Å². The molecule has 1 atom stereocenters. The van der Waals surface area contributed by atoms with Crippen molar-refractivity contribution in [3.8, 4) is 11.5 Å². The van der Waals surface area contributed by atoms with Crippen molar-refractivity contribution in [3.05, 3.63) is 40.3 Å². The Morgan fingerprint density at radius 1 is 1.36 bits per heavy atom. The highest BCUT2D eigenvalue weighted by atomic mass is 32.1. The van der Waals surface area contributed by atoms with Crippen molar-refractivity contribution in [2.75, 3.05) is 33.9 Å². The highest BCUT2D eigenvalue weighted by molar-refractivity contribution is 7.07. The second kappa shape index (κ2) is 7.09. The zero-order valence-corrected chi connectivity index (χ0v) is 13.6. The molecule has 6 heteroatoms. The summed E-state index contributed by atoms with van der Waals surface area (Å²) in [5.41, 5.74) is 2.15. The van der Waals surface area contributed by atoms with Crippen molar-refractivity contribution in [2.24, 2.45) is 0 Å². The van der Waals surface area contributed by atoms with Gasteiger partial charge in [-0.2, -0.15) is 11.3 Å². The predicted molar refractivity (Wildman–Crippen MR) is 85.6 cm³/mol. The summed E-state index contributed by atoms with van der Waals surface area (Å²) >= 11 is 1.70. The summed E-state index contributed by atoms with van der Waals surface area (Å²) in [6, 6.07) is 3.94. The lowest BCUT2D eigenvalue weighted by molar-refractivity contribution is -0.0332. The van der Waals surface area contributed by atoms with Gasteiger partial charge in [-0.3, -0.25) is 9.88 Å². The number of hydrogen-bond acceptors (Lipinski definition) is 6. The molecule has 0 bridgehead atoms. The van der Waals surface area contributed by atoms with Gasteiger partial charge in [0.05, 0.1) is 26.9 Å². The van der Waals surface area contributed by atoms with E-state index in [2.05, 4.69) is 26.7 Å². The fourth-order valence-corrected chi connectivity index (χ4v) is 3.38. The molecule has 5 nitrogen and oxygen atoms in total. The van der Waals surface area contributed by atoms with Gasteiger partial charge in [-0.15, -0.1) is 0 Å². The van der Waals surface area contributed by atoms with Gasteiger partial charge in [0.15, 0.2) is 11.5 Å². The number of thiophene rings is 1. The minimum absolute atomic E-state index is 0.136. The number of pyridine rings is 1. The van der Waals surface area contributed by atoms with Gasteiger partial charge in [0.2, 0.25) is 0 Å². The van der Waals surface area contributed by atoms with Gasteiger partial charge in [-0.25, -0.2) is 0 Å². The number of hydrogen-bond donors (Lipinski definition) is 0. The molecule has 0 aliphatic carbocycles. The van der Waals surface area contributed by atoms with Crippen LogP contribution in [0.3, 0.4) is 0 Å². The van der Waals surface area contributed by atoms with E-state index in [9.17, 15) is 0 Å². The molecular weight excluding hydrogens is 300 g/mol. The molecule has 0 amide bonds. The number of aromatic nitrogens is 1. The van der Waals surface area contributed by atoms with Gasteiger partial charge >= 0.3 is 0 Å². The third-order valence-electron chi connectivity index (χ3n) is 3.81. The molecule has 2 aromatic heterocycles. The Morgan fingerprint density at radius 3 is 3.00 bits per heavy atom. The van der Waals surface area contributed by atoms with E-state index in [0.717, 1.165) is 37.7 Å². The predicted octanol–water partition coefficient (Wildman–Crippen LogP) is 2.73. The first-order chi connectivity index (χ1) is 10.8. The number of nitrogens with zero attached hydrogens (tertiary/aromatic N) is 2. The lowest BCUT2D eigenvalue weighted by Gasteiger charge is -2.32. The van der Waals surface area contributed by atoms with Crippen LogP contribution in [0, 0.1) is 0 Å². The molecule has 1 unspecified atom stereocenters. The van der Waals surface area contributed by atoms with E-state index in [1.807, 2.05) is 6.07 Å². The molecule has 1 aliphatic rings. The van der Waals surface area contributed by atoms with Crippen LogP contribution in [0.1, 0.15) is 17.4 Å². The summed E-state index contributed by atoms with van der Waals surface area (Å²) in [5.74, 6) is 1.43. The van der Waals surface area contributed by atoms with Crippen LogP contribution in [0.25, 0.3) is 0 Å². The first-order valence-corrected chi connectivity index (χ1v) is 8.18. The van der Waals surface area contributed by atoms with Crippen LogP contribution < -0.4 is 9.47 Å². The Balaban J connectivity index is 1.73. The average molecular weight is 320 g/mol. The third-order valence-corrected chi connectivity index (χ3v) is 4.51. The van der Waals surface area contributed by atoms with Crippen LogP contribution in [0.5, 0.6) is 11.5 Å². The average Bonchev–Trinajstić information content (AvgIpc) is 3.09. The summed E-state index contributed by atoms with van der Waals surface area (Å²) in [5, 5.41) is 4.24. The largest absolute Gasteiger partial charge is 0.493 e. The van der Waals surface area contributed by atoms with Crippen LogP contribution in [-0.2, 0) is 11.3 Å². The second-order valence-corrected chi connectivity index (χ2v) is 5.92. The summed E-state index contributed by atoms with van der Waals surface area (Å²) in [6.45, 7) is 3.21. The van der Waals surface area contributed by atoms with E-state index in [1.54, 1.807) is 31.8 Å². The van der Waals surface area contributed by atoms with E-state index in [-0.39, 0.29) is 6.10 Å². The normalized spacial score (nSPS) is 19.1. The maximum absolute atomic E-state index is 5.88. The van der Waals surface area contributed by atoms with Gasteiger partial charge in [-0.1, -0.05) is 0 Å².